The second-order valence-electron chi connectivity index (χ2n) is 5.09. The molecule has 0 bridgehead atoms. The van der Waals surface area contributed by atoms with Crippen LogP contribution in [0.3, 0.4) is 0 Å². The molecule has 3 nitrogen and oxygen atoms in total. The predicted octanol–water partition coefficient (Wildman–Crippen LogP) is 3.21. The van der Waals surface area contributed by atoms with Crippen molar-refractivity contribution in [2.45, 2.75) is 30.6 Å². The number of nitrogens with zero attached hydrogens (tertiary/aromatic N) is 1. The van der Waals surface area contributed by atoms with Crippen molar-refractivity contribution in [1.29, 1.82) is 0 Å². The molecule has 0 aromatic heterocycles. The van der Waals surface area contributed by atoms with Crippen LogP contribution in [-0.2, 0) is 9.53 Å². The normalized spacial score (nSPS) is 26.1. The van der Waals surface area contributed by atoms with Crippen LogP contribution < -0.4 is 0 Å². The van der Waals surface area contributed by atoms with E-state index in [0.29, 0.717) is 0 Å². The third-order valence-electron chi connectivity index (χ3n) is 3.56. The van der Waals surface area contributed by atoms with Crippen LogP contribution in [0.4, 0.5) is 0 Å². The summed E-state index contributed by atoms with van der Waals surface area (Å²) in [5.41, 5.74) is 1.15. The molecule has 1 heterocycles. The van der Waals surface area contributed by atoms with Crippen molar-refractivity contribution in [1.82, 2.24) is 0 Å². The molecule has 0 radical (unpaired) electrons. The zero-order chi connectivity index (χ0) is 13.2. The molecule has 1 saturated carbocycles. The lowest BCUT2D eigenvalue weighted by Gasteiger charge is -2.15. The van der Waals surface area contributed by atoms with Gasteiger partial charge >= 0.3 is 5.97 Å². The van der Waals surface area contributed by atoms with E-state index in [-0.39, 0.29) is 17.3 Å². The fraction of sp³-hybridized carbons (Fsp3) is 0.467. The molecule has 100 valence electrons. The molecule has 0 saturated heterocycles. The van der Waals surface area contributed by atoms with Crippen LogP contribution in [0, 0.1) is 5.92 Å². The van der Waals surface area contributed by atoms with Gasteiger partial charge in [0.25, 0.3) is 0 Å². The Morgan fingerprint density at radius 3 is 2.74 bits per heavy atom. The molecule has 0 amide bonds. The predicted molar refractivity (Wildman–Crippen MR) is 77.4 cm³/mol. The van der Waals surface area contributed by atoms with E-state index in [0.717, 1.165) is 22.9 Å². The number of hydrogen-bond acceptors (Lipinski definition) is 4. The average Bonchev–Trinajstić information content (AvgIpc) is 3.16. The standard InChI is InChI=1S/C15H17NO2S/c1-18-15(17)13-14(11-5-3-2-4-6-11)19-12(16-13)9-10-7-8-10/h2-6,10,13-14H,7-9H2,1H3/t13-,14+/m0/s1. The summed E-state index contributed by atoms with van der Waals surface area (Å²) in [6.45, 7) is 0. The Morgan fingerprint density at radius 2 is 2.11 bits per heavy atom. The number of carbonyl (C=O) groups excluding carboxylic acids is 1. The molecule has 4 heteroatoms. The van der Waals surface area contributed by atoms with E-state index in [1.807, 2.05) is 18.2 Å². The van der Waals surface area contributed by atoms with Crippen molar-refractivity contribution in [2.75, 3.05) is 7.11 Å². The molecule has 2 atom stereocenters. The maximum Gasteiger partial charge on any atom is 0.332 e. The van der Waals surface area contributed by atoms with Crippen molar-refractivity contribution in [3.8, 4) is 0 Å². The summed E-state index contributed by atoms with van der Waals surface area (Å²) in [7, 11) is 1.43. The molecule has 2 aliphatic rings. The fourth-order valence-electron chi connectivity index (χ4n) is 2.32. The second kappa shape index (κ2) is 5.37. The Labute approximate surface area is 117 Å². The minimum absolute atomic E-state index is 0.0717. The van der Waals surface area contributed by atoms with Gasteiger partial charge in [-0.25, -0.2) is 4.79 Å². The molecule has 0 spiro atoms. The summed E-state index contributed by atoms with van der Waals surface area (Å²) >= 11 is 1.73. The first kappa shape index (κ1) is 12.7. The number of methoxy groups -OCH3 is 1. The number of benzene rings is 1. The number of rotatable bonds is 4. The molecular weight excluding hydrogens is 258 g/mol. The zero-order valence-corrected chi connectivity index (χ0v) is 11.7. The smallest absolute Gasteiger partial charge is 0.332 e. The highest BCUT2D eigenvalue weighted by Crippen LogP contribution is 2.45. The molecule has 19 heavy (non-hydrogen) atoms. The average molecular weight is 275 g/mol. The maximum absolute atomic E-state index is 11.9. The minimum Gasteiger partial charge on any atom is -0.467 e. The molecule has 1 aliphatic carbocycles. The third kappa shape index (κ3) is 2.84. The number of carbonyl (C=O) groups is 1. The molecule has 3 rings (SSSR count). The van der Waals surface area contributed by atoms with Crippen LogP contribution in [0.5, 0.6) is 0 Å². The summed E-state index contributed by atoms with van der Waals surface area (Å²) < 4.78 is 4.90. The van der Waals surface area contributed by atoms with Crippen LogP contribution in [0.1, 0.15) is 30.1 Å². The third-order valence-corrected chi connectivity index (χ3v) is 4.89. The monoisotopic (exact) mass is 275 g/mol. The van der Waals surface area contributed by atoms with E-state index in [1.165, 1.54) is 20.0 Å². The minimum atomic E-state index is -0.383. The largest absolute Gasteiger partial charge is 0.467 e. The number of ether oxygens (including phenoxy) is 1. The van der Waals surface area contributed by atoms with Gasteiger partial charge in [-0.1, -0.05) is 30.3 Å². The number of thioether (sulfide) groups is 1. The molecule has 1 aromatic rings. The second-order valence-corrected chi connectivity index (χ2v) is 6.30. The number of aliphatic imine (C=N–C) groups is 1. The topological polar surface area (TPSA) is 38.7 Å². The van der Waals surface area contributed by atoms with Gasteiger partial charge in [-0.05, 0) is 30.7 Å². The van der Waals surface area contributed by atoms with Crippen molar-refractivity contribution < 1.29 is 9.53 Å². The van der Waals surface area contributed by atoms with Gasteiger partial charge in [0, 0.05) is 0 Å². The maximum atomic E-state index is 11.9. The highest BCUT2D eigenvalue weighted by Gasteiger charge is 2.38. The lowest BCUT2D eigenvalue weighted by atomic mass is 10.1. The summed E-state index contributed by atoms with van der Waals surface area (Å²) in [6, 6.07) is 9.73. The van der Waals surface area contributed by atoms with Gasteiger partial charge in [-0.3, -0.25) is 4.99 Å². The zero-order valence-electron chi connectivity index (χ0n) is 10.9. The van der Waals surface area contributed by atoms with Crippen LogP contribution in [0.15, 0.2) is 35.3 Å². The molecule has 0 unspecified atom stereocenters. The highest BCUT2D eigenvalue weighted by atomic mass is 32.2. The van der Waals surface area contributed by atoms with Gasteiger partial charge in [0.1, 0.15) is 0 Å². The number of esters is 1. The van der Waals surface area contributed by atoms with Crippen molar-refractivity contribution in [3.05, 3.63) is 35.9 Å². The Morgan fingerprint density at radius 1 is 1.37 bits per heavy atom. The van der Waals surface area contributed by atoms with Gasteiger partial charge in [0.05, 0.1) is 17.4 Å². The first-order valence-electron chi connectivity index (χ1n) is 6.64. The number of hydrogen-bond donors (Lipinski definition) is 0. The van der Waals surface area contributed by atoms with Crippen molar-refractivity contribution >= 4 is 22.8 Å². The quantitative estimate of drug-likeness (QED) is 0.792. The Kier molecular flexibility index (Phi) is 3.60. The Bertz CT molecular complexity index is 496. The molecule has 0 N–H and O–H groups in total. The lowest BCUT2D eigenvalue weighted by Crippen LogP contribution is -2.23. The van der Waals surface area contributed by atoms with Crippen LogP contribution >= 0.6 is 11.8 Å². The first-order valence-corrected chi connectivity index (χ1v) is 7.52. The molecular formula is C15H17NO2S. The summed E-state index contributed by atoms with van der Waals surface area (Å²) in [5, 5.41) is 1.19. The molecule has 1 fully saturated rings. The SMILES string of the molecule is COC(=O)[C@H]1N=C(CC2CC2)S[C@@H]1c1ccccc1. The van der Waals surface area contributed by atoms with Gasteiger partial charge in [-0.2, -0.15) is 0 Å². The van der Waals surface area contributed by atoms with E-state index in [2.05, 4.69) is 17.1 Å². The van der Waals surface area contributed by atoms with E-state index in [9.17, 15) is 4.79 Å². The summed E-state index contributed by atoms with van der Waals surface area (Å²) in [4.78, 5) is 16.5. The molecule has 1 aromatic carbocycles. The fourth-order valence-corrected chi connectivity index (χ4v) is 3.72. The van der Waals surface area contributed by atoms with Crippen molar-refractivity contribution in [3.63, 3.8) is 0 Å². The summed E-state index contributed by atoms with van der Waals surface area (Å²) in [6.07, 6.45) is 3.64. The van der Waals surface area contributed by atoms with E-state index in [1.54, 1.807) is 11.8 Å². The first-order chi connectivity index (χ1) is 9.28. The van der Waals surface area contributed by atoms with Gasteiger partial charge in [0.15, 0.2) is 6.04 Å². The van der Waals surface area contributed by atoms with E-state index < -0.39 is 0 Å². The van der Waals surface area contributed by atoms with E-state index in [4.69, 9.17) is 4.74 Å². The van der Waals surface area contributed by atoms with Crippen LogP contribution in [0.25, 0.3) is 0 Å². The van der Waals surface area contributed by atoms with Crippen LogP contribution in [0.2, 0.25) is 0 Å². The molecule has 1 aliphatic heterocycles. The summed E-state index contributed by atoms with van der Waals surface area (Å²) in [5.74, 6) is 0.561. The Hall–Kier alpha value is -1.29. The highest BCUT2D eigenvalue weighted by molar-refractivity contribution is 8.14. The van der Waals surface area contributed by atoms with Crippen LogP contribution in [-0.4, -0.2) is 24.2 Å². The van der Waals surface area contributed by atoms with E-state index >= 15 is 0 Å². The lowest BCUT2D eigenvalue weighted by molar-refractivity contribution is -0.142. The van der Waals surface area contributed by atoms with Gasteiger partial charge in [-0.15, -0.1) is 11.8 Å². The van der Waals surface area contributed by atoms with Crippen molar-refractivity contribution in [2.24, 2.45) is 10.9 Å². The van der Waals surface area contributed by atoms with Gasteiger partial charge in [0.2, 0.25) is 0 Å². The van der Waals surface area contributed by atoms with Gasteiger partial charge < -0.3 is 4.74 Å². The Balaban J connectivity index is 1.81.